The molecule has 0 aromatic heterocycles. The van der Waals surface area contributed by atoms with Gasteiger partial charge in [-0.3, -0.25) is 4.79 Å². The van der Waals surface area contributed by atoms with Crippen LogP contribution in [0.3, 0.4) is 0 Å². The van der Waals surface area contributed by atoms with E-state index in [1.54, 1.807) is 7.11 Å². The quantitative estimate of drug-likeness (QED) is 0.694. The van der Waals surface area contributed by atoms with Crippen LogP contribution in [-0.4, -0.2) is 19.7 Å². The zero-order valence-electron chi connectivity index (χ0n) is 9.86. The lowest BCUT2D eigenvalue weighted by Gasteiger charge is -2.04. The van der Waals surface area contributed by atoms with Gasteiger partial charge < -0.3 is 9.47 Å². The molecule has 1 aromatic rings. The molecule has 3 heteroatoms. The van der Waals surface area contributed by atoms with Crippen LogP contribution < -0.4 is 4.74 Å². The van der Waals surface area contributed by atoms with Crippen LogP contribution in [0, 0.1) is 0 Å². The minimum atomic E-state index is -0.127. The van der Waals surface area contributed by atoms with Crippen molar-refractivity contribution in [2.75, 3.05) is 13.7 Å². The van der Waals surface area contributed by atoms with E-state index in [1.165, 1.54) is 0 Å². The zero-order valence-corrected chi connectivity index (χ0v) is 9.86. The van der Waals surface area contributed by atoms with Crippen LogP contribution in [0.2, 0.25) is 0 Å². The van der Waals surface area contributed by atoms with Gasteiger partial charge in [0.1, 0.15) is 5.75 Å². The third kappa shape index (κ3) is 4.34. The summed E-state index contributed by atoms with van der Waals surface area (Å²) in [5.74, 6) is 0.704. The fourth-order valence-corrected chi connectivity index (χ4v) is 1.33. The molecular weight excluding hydrogens is 204 g/mol. The lowest BCUT2D eigenvalue weighted by Crippen LogP contribution is -2.06. The minimum absolute atomic E-state index is 0.127. The predicted octanol–water partition coefficient (Wildman–Crippen LogP) is 2.58. The molecule has 0 fully saturated rings. The Morgan fingerprint density at radius 2 is 1.94 bits per heavy atom. The number of hydrogen-bond acceptors (Lipinski definition) is 3. The molecule has 0 aliphatic heterocycles. The van der Waals surface area contributed by atoms with Crippen molar-refractivity contribution < 1.29 is 14.3 Å². The second-order valence-electron chi connectivity index (χ2n) is 3.57. The molecule has 0 saturated heterocycles. The third-order valence-electron chi connectivity index (χ3n) is 2.24. The Balaban J connectivity index is 2.33. The normalized spacial score (nSPS) is 9.88. The molecule has 1 aromatic carbocycles. The number of carbonyl (C=O) groups is 1. The Kier molecular flexibility index (Phi) is 5.40. The molecule has 0 radical (unpaired) electrons. The van der Waals surface area contributed by atoms with Crippen LogP contribution in [0.4, 0.5) is 0 Å². The fourth-order valence-electron chi connectivity index (χ4n) is 1.33. The molecule has 0 heterocycles. The van der Waals surface area contributed by atoms with Crippen molar-refractivity contribution in [1.82, 2.24) is 0 Å². The highest BCUT2D eigenvalue weighted by Gasteiger charge is 2.03. The van der Waals surface area contributed by atoms with Gasteiger partial charge in [-0.05, 0) is 30.5 Å². The molecular formula is C13H18O3. The Morgan fingerprint density at radius 1 is 1.25 bits per heavy atom. The summed E-state index contributed by atoms with van der Waals surface area (Å²) in [4.78, 5) is 11.3. The first-order chi connectivity index (χ1) is 7.76. The molecule has 3 nitrogen and oxygen atoms in total. The van der Waals surface area contributed by atoms with Gasteiger partial charge >= 0.3 is 5.97 Å². The van der Waals surface area contributed by atoms with E-state index >= 15 is 0 Å². The summed E-state index contributed by atoms with van der Waals surface area (Å²) < 4.78 is 10.1. The summed E-state index contributed by atoms with van der Waals surface area (Å²) in [5, 5.41) is 0. The number of hydrogen-bond donors (Lipinski definition) is 0. The Hall–Kier alpha value is -1.51. The number of ether oxygens (including phenoxy) is 2. The van der Waals surface area contributed by atoms with E-state index in [1.807, 2.05) is 31.2 Å². The first kappa shape index (κ1) is 12.6. The van der Waals surface area contributed by atoms with Gasteiger partial charge in [0.15, 0.2) is 0 Å². The van der Waals surface area contributed by atoms with Gasteiger partial charge in [0, 0.05) is 6.42 Å². The summed E-state index contributed by atoms with van der Waals surface area (Å²) in [7, 11) is 1.64. The first-order valence-electron chi connectivity index (χ1n) is 5.54. The van der Waals surface area contributed by atoms with Crippen molar-refractivity contribution in [3.63, 3.8) is 0 Å². The number of benzene rings is 1. The van der Waals surface area contributed by atoms with Gasteiger partial charge in [-0.2, -0.15) is 0 Å². The van der Waals surface area contributed by atoms with E-state index in [2.05, 4.69) is 0 Å². The van der Waals surface area contributed by atoms with Crippen LogP contribution in [0.25, 0.3) is 0 Å². The minimum Gasteiger partial charge on any atom is -0.497 e. The molecule has 0 N–H and O–H groups in total. The average Bonchev–Trinajstić information content (AvgIpc) is 2.34. The van der Waals surface area contributed by atoms with Crippen LogP contribution in [-0.2, 0) is 16.0 Å². The highest BCUT2D eigenvalue weighted by molar-refractivity contribution is 5.69. The molecule has 0 unspecified atom stereocenters. The second-order valence-corrected chi connectivity index (χ2v) is 3.57. The molecule has 0 bridgehead atoms. The topological polar surface area (TPSA) is 35.5 Å². The summed E-state index contributed by atoms with van der Waals surface area (Å²) in [6, 6.07) is 7.72. The van der Waals surface area contributed by atoms with Crippen molar-refractivity contribution in [1.29, 1.82) is 0 Å². The maximum absolute atomic E-state index is 11.3. The molecule has 88 valence electrons. The number of rotatable bonds is 6. The fraction of sp³-hybridized carbons (Fsp3) is 0.462. The predicted molar refractivity (Wildman–Crippen MR) is 62.6 cm³/mol. The lowest BCUT2D eigenvalue weighted by molar-refractivity contribution is -0.143. The maximum Gasteiger partial charge on any atom is 0.306 e. The second kappa shape index (κ2) is 6.88. The molecule has 0 aliphatic carbocycles. The molecule has 0 atom stereocenters. The lowest BCUT2D eigenvalue weighted by atomic mass is 10.1. The van der Waals surface area contributed by atoms with Gasteiger partial charge in [0.05, 0.1) is 13.7 Å². The van der Waals surface area contributed by atoms with Crippen molar-refractivity contribution >= 4 is 5.97 Å². The van der Waals surface area contributed by atoms with Gasteiger partial charge in [-0.25, -0.2) is 0 Å². The SMILES string of the molecule is CCCOC(=O)CCc1ccc(OC)cc1. The Labute approximate surface area is 96.4 Å². The third-order valence-corrected chi connectivity index (χ3v) is 2.24. The van der Waals surface area contributed by atoms with Gasteiger partial charge in [0.2, 0.25) is 0 Å². The monoisotopic (exact) mass is 222 g/mol. The van der Waals surface area contributed by atoms with Gasteiger partial charge in [-0.15, -0.1) is 0 Å². The van der Waals surface area contributed by atoms with Crippen molar-refractivity contribution in [2.45, 2.75) is 26.2 Å². The number of aryl methyl sites for hydroxylation is 1. The molecule has 0 amide bonds. The summed E-state index contributed by atoms with van der Waals surface area (Å²) >= 11 is 0. The summed E-state index contributed by atoms with van der Waals surface area (Å²) in [6.07, 6.45) is 2.02. The van der Waals surface area contributed by atoms with Gasteiger partial charge in [-0.1, -0.05) is 19.1 Å². The van der Waals surface area contributed by atoms with E-state index in [0.717, 1.165) is 17.7 Å². The molecule has 1 rings (SSSR count). The van der Waals surface area contributed by atoms with E-state index in [0.29, 0.717) is 19.4 Å². The van der Waals surface area contributed by atoms with E-state index in [4.69, 9.17) is 9.47 Å². The number of methoxy groups -OCH3 is 1. The first-order valence-corrected chi connectivity index (χ1v) is 5.54. The number of carbonyl (C=O) groups excluding carboxylic acids is 1. The molecule has 0 aliphatic rings. The van der Waals surface area contributed by atoms with Crippen LogP contribution in [0.15, 0.2) is 24.3 Å². The molecule has 0 saturated carbocycles. The van der Waals surface area contributed by atoms with Crippen LogP contribution in [0.5, 0.6) is 5.75 Å². The van der Waals surface area contributed by atoms with E-state index < -0.39 is 0 Å². The van der Waals surface area contributed by atoms with E-state index in [-0.39, 0.29) is 5.97 Å². The Morgan fingerprint density at radius 3 is 2.50 bits per heavy atom. The van der Waals surface area contributed by atoms with Gasteiger partial charge in [0.25, 0.3) is 0 Å². The van der Waals surface area contributed by atoms with Crippen molar-refractivity contribution in [2.24, 2.45) is 0 Å². The maximum atomic E-state index is 11.3. The van der Waals surface area contributed by atoms with Crippen LogP contribution >= 0.6 is 0 Å². The van der Waals surface area contributed by atoms with Crippen LogP contribution in [0.1, 0.15) is 25.3 Å². The molecule has 0 spiro atoms. The van der Waals surface area contributed by atoms with Crippen molar-refractivity contribution in [3.05, 3.63) is 29.8 Å². The smallest absolute Gasteiger partial charge is 0.306 e. The zero-order chi connectivity index (χ0) is 11.8. The highest BCUT2D eigenvalue weighted by Crippen LogP contribution is 2.12. The summed E-state index contributed by atoms with van der Waals surface area (Å²) in [5.41, 5.74) is 1.12. The van der Waals surface area contributed by atoms with E-state index in [9.17, 15) is 4.79 Å². The average molecular weight is 222 g/mol. The highest BCUT2D eigenvalue weighted by atomic mass is 16.5. The standard InChI is InChI=1S/C13H18O3/c1-3-10-16-13(14)9-6-11-4-7-12(15-2)8-5-11/h4-5,7-8H,3,6,9-10H2,1-2H3. The largest absolute Gasteiger partial charge is 0.497 e. The summed E-state index contributed by atoms with van der Waals surface area (Å²) in [6.45, 7) is 2.50. The molecule has 16 heavy (non-hydrogen) atoms. The Bertz CT molecular complexity index is 316. The number of esters is 1. The van der Waals surface area contributed by atoms with Crippen molar-refractivity contribution in [3.8, 4) is 5.75 Å².